The number of carboxylic acid groups (broad SMARTS) is 2. The van der Waals surface area contributed by atoms with Crippen LogP contribution in [0.5, 0.6) is 0 Å². The molecule has 4 fully saturated rings. The molecule has 0 saturated heterocycles. The van der Waals surface area contributed by atoms with E-state index < -0.39 is 34.3 Å². The molecule has 0 radical (unpaired) electrons. The van der Waals surface area contributed by atoms with Crippen molar-refractivity contribution in [3.8, 4) is 0 Å². The SMILES string of the molecule is CC1(C)CC[C@]2(C(=O)O)CC[C@]3(C)C(=CC[C@@H]4[C@@]5(C)CC(=O)[C@H](O)[C@@](C)(C(=O)O)[C@@H]5CC[C@]43C)[C@@H]2C1. The van der Waals surface area contributed by atoms with E-state index in [1.54, 1.807) is 6.92 Å². The van der Waals surface area contributed by atoms with Gasteiger partial charge in [-0.1, -0.05) is 46.3 Å². The van der Waals surface area contributed by atoms with Crippen molar-refractivity contribution in [3.05, 3.63) is 11.6 Å². The minimum Gasteiger partial charge on any atom is -0.481 e. The molecule has 200 valence electrons. The van der Waals surface area contributed by atoms with Gasteiger partial charge in [0.05, 0.1) is 5.41 Å². The van der Waals surface area contributed by atoms with Crippen LogP contribution in [0.2, 0.25) is 0 Å². The normalized spacial score (nSPS) is 51.6. The highest BCUT2D eigenvalue weighted by molar-refractivity contribution is 5.92. The van der Waals surface area contributed by atoms with Crippen LogP contribution in [0.3, 0.4) is 0 Å². The Balaban J connectivity index is 1.63. The van der Waals surface area contributed by atoms with Gasteiger partial charge in [-0.05, 0) is 97.7 Å². The molecule has 5 aliphatic carbocycles. The molecule has 0 aromatic rings. The van der Waals surface area contributed by atoms with Gasteiger partial charge >= 0.3 is 11.9 Å². The van der Waals surface area contributed by atoms with Crippen LogP contribution in [0.25, 0.3) is 0 Å². The summed E-state index contributed by atoms with van der Waals surface area (Å²) in [5.41, 5.74) is -1.68. The molecule has 5 rings (SSSR count). The molecule has 3 N–H and O–H groups in total. The van der Waals surface area contributed by atoms with Crippen LogP contribution in [-0.2, 0) is 14.4 Å². The lowest BCUT2D eigenvalue weighted by Crippen LogP contribution is -2.68. The maximum absolute atomic E-state index is 13.1. The minimum atomic E-state index is -1.49. The number of rotatable bonds is 2. The molecule has 0 unspecified atom stereocenters. The summed E-state index contributed by atoms with van der Waals surface area (Å²) in [6.45, 7) is 12.9. The second-order valence-corrected chi connectivity index (χ2v) is 14.8. The number of fused-ring (bicyclic) bond motifs is 7. The van der Waals surface area contributed by atoms with Crippen molar-refractivity contribution in [1.82, 2.24) is 0 Å². The zero-order valence-electron chi connectivity index (χ0n) is 22.8. The van der Waals surface area contributed by atoms with E-state index in [0.29, 0.717) is 12.8 Å². The predicted octanol–water partition coefficient (Wildman–Crippen LogP) is 5.48. The van der Waals surface area contributed by atoms with Gasteiger partial charge in [0.25, 0.3) is 0 Å². The largest absolute Gasteiger partial charge is 0.481 e. The Morgan fingerprint density at radius 1 is 0.889 bits per heavy atom. The van der Waals surface area contributed by atoms with Gasteiger partial charge in [-0.3, -0.25) is 14.4 Å². The van der Waals surface area contributed by atoms with Crippen LogP contribution in [-0.4, -0.2) is 39.1 Å². The van der Waals surface area contributed by atoms with Crippen molar-refractivity contribution in [1.29, 1.82) is 0 Å². The molecule has 0 aromatic carbocycles. The number of carboxylic acids is 2. The highest BCUT2D eigenvalue weighted by Crippen LogP contribution is 2.75. The second-order valence-electron chi connectivity index (χ2n) is 14.8. The lowest BCUT2D eigenvalue weighted by atomic mass is 9.33. The van der Waals surface area contributed by atoms with E-state index in [2.05, 4.69) is 40.7 Å². The predicted molar refractivity (Wildman–Crippen MR) is 135 cm³/mol. The van der Waals surface area contributed by atoms with E-state index in [0.717, 1.165) is 38.5 Å². The number of aliphatic carboxylic acids is 2. The van der Waals surface area contributed by atoms with Crippen LogP contribution in [0, 0.1) is 50.2 Å². The van der Waals surface area contributed by atoms with Gasteiger partial charge in [0.2, 0.25) is 0 Å². The number of aliphatic hydroxyl groups is 1. The Morgan fingerprint density at radius 2 is 1.53 bits per heavy atom. The maximum atomic E-state index is 13.1. The molecule has 36 heavy (non-hydrogen) atoms. The first-order valence-corrected chi connectivity index (χ1v) is 13.9. The Morgan fingerprint density at radius 3 is 2.14 bits per heavy atom. The third-order valence-corrected chi connectivity index (χ3v) is 12.9. The van der Waals surface area contributed by atoms with Gasteiger partial charge in [-0.15, -0.1) is 0 Å². The van der Waals surface area contributed by atoms with E-state index in [9.17, 15) is 29.7 Å². The maximum Gasteiger partial charge on any atom is 0.312 e. The number of ketones is 1. The lowest BCUT2D eigenvalue weighted by molar-refractivity contribution is -0.214. The number of allylic oxidation sites excluding steroid dienone is 2. The number of Topliss-reactive ketones (excluding diaryl/α,β-unsaturated/α-hetero) is 1. The van der Waals surface area contributed by atoms with Crippen molar-refractivity contribution in [2.24, 2.45) is 50.2 Å². The van der Waals surface area contributed by atoms with Crippen LogP contribution in [0.4, 0.5) is 0 Å². The third kappa shape index (κ3) is 2.91. The molecule has 0 bridgehead atoms. The number of hydrogen-bond donors (Lipinski definition) is 3. The molecular formula is C30H44O6. The van der Waals surface area contributed by atoms with Crippen LogP contribution in [0.15, 0.2) is 11.6 Å². The van der Waals surface area contributed by atoms with E-state index in [4.69, 9.17) is 0 Å². The molecule has 0 heterocycles. The van der Waals surface area contributed by atoms with Gasteiger partial charge in [-0.25, -0.2) is 0 Å². The van der Waals surface area contributed by atoms with Crippen LogP contribution >= 0.6 is 0 Å². The van der Waals surface area contributed by atoms with Gasteiger partial charge in [0.15, 0.2) is 5.78 Å². The topological polar surface area (TPSA) is 112 Å². The fraction of sp³-hybridized carbons (Fsp3) is 0.833. The fourth-order valence-corrected chi connectivity index (χ4v) is 10.5. The number of aliphatic hydroxyl groups excluding tert-OH is 1. The second kappa shape index (κ2) is 7.45. The first-order valence-electron chi connectivity index (χ1n) is 13.9. The molecule has 0 spiro atoms. The molecule has 0 aliphatic heterocycles. The first-order chi connectivity index (χ1) is 16.5. The zero-order chi connectivity index (χ0) is 26.7. The summed E-state index contributed by atoms with van der Waals surface area (Å²) in [4.78, 5) is 38.4. The summed E-state index contributed by atoms with van der Waals surface area (Å²) >= 11 is 0. The number of hydrogen-bond acceptors (Lipinski definition) is 4. The monoisotopic (exact) mass is 500 g/mol. The summed E-state index contributed by atoms with van der Waals surface area (Å²) in [5, 5.41) is 31.5. The molecular weight excluding hydrogens is 456 g/mol. The van der Waals surface area contributed by atoms with Crippen molar-refractivity contribution >= 4 is 17.7 Å². The first kappa shape index (κ1) is 25.9. The van der Waals surface area contributed by atoms with Gasteiger partial charge in [0, 0.05) is 6.42 Å². The van der Waals surface area contributed by atoms with Crippen molar-refractivity contribution < 1.29 is 29.7 Å². The van der Waals surface area contributed by atoms with Crippen molar-refractivity contribution in [3.63, 3.8) is 0 Å². The van der Waals surface area contributed by atoms with Crippen molar-refractivity contribution in [2.45, 2.75) is 105 Å². The average molecular weight is 501 g/mol. The van der Waals surface area contributed by atoms with Crippen molar-refractivity contribution in [2.75, 3.05) is 0 Å². The highest BCUT2D eigenvalue weighted by atomic mass is 16.4. The molecule has 9 atom stereocenters. The Bertz CT molecular complexity index is 1060. The van der Waals surface area contributed by atoms with E-state index >= 15 is 0 Å². The molecule has 0 amide bonds. The Kier molecular flexibility index (Phi) is 5.37. The van der Waals surface area contributed by atoms with E-state index in [-0.39, 0.29) is 46.2 Å². The molecule has 6 heteroatoms. The summed E-state index contributed by atoms with van der Waals surface area (Å²) in [6, 6.07) is 0. The highest BCUT2D eigenvalue weighted by Gasteiger charge is 2.71. The average Bonchev–Trinajstić information content (AvgIpc) is 2.77. The Labute approximate surface area is 214 Å². The number of carbonyl (C=O) groups is 3. The van der Waals surface area contributed by atoms with Crippen LogP contribution < -0.4 is 0 Å². The molecule has 6 nitrogen and oxygen atoms in total. The van der Waals surface area contributed by atoms with Gasteiger partial charge in [0.1, 0.15) is 11.5 Å². The number of carbonyl (C=O) groups excluding carboxylic acids is 1. The smallest absolute Gasteiger partial charge is 0.312 e. The van der Waals surface area contributed by atoms with E-state index in [1.165, 1.54) is 5.57 Å². The lowest BCUT2D eigenvalue weighted by Gasteiger charge is -2.70. The summed E-state index contributed by atoms with van der Waals surface area (Å²) in [5.74, 6) is -2.28. The van der Waals surface area contributed by atoms with Gasteiger partial charge < -0.3 is 15.3 Å². The third-order valence-electron chi connectivity index (χ3n) is 12.9. The molecule has 4 saturated carbocycles. The summed E-state index contributed by atoms with van der Waals surface area (Å²) in [6.07, 6.45) is 7.26. The molecule has 0 aromatic heterocycles. The summed E-state index contributed by atoms with van der Waals surface area (Å²) < 4.78 is 0. The quantitative estimate of drug-likeness (QED) is 0.433. The van der Waals surface area contributed by atoms with E-state index in [1.807, 2.05) is 0 Å². The van der Waals surface area contributed by atoms with Gasteiger partial charge in [-0.2, -0.15) is 0 Å². The standard InChI is InChI=1S/C30H44O6/c1-25(2)11-13-30(24(35)36)14-12-27(4)17(18(30)15-25)7-8-20-26(3)16-19(31)22(32)29(6,23(33)34)21(26)9-10-28(20,27)5/h7,18,20-22,32H,8-16H2,1-6H3,(H,33,34)(H,35,36)/t18-,20+,21+,22-,26+,27+,28+,29-,30-/m0/s1. The van der Waals surface area contributed by atoms with Crippen LogP contribution in [0.1, 0.15) is 99.3 Å². The zero-order valence-corrected chi connectivity index (χ0v) is 22.8. The minimum absolute atomic E-state index is 0.0138. The summed E-state index contributed by atoms with van der Waals surface area (Å²) in [7, 11) is 0. The molecule has 5 aliphatic rings. The Hall–Kier alpha value is -1.69. The fourth-order valence-electron chi connectivity index (χ4n) is 10.5.